The zero-order chi connectivity index (χ0) is 9.26. The maximum Gasteiger partial charge on any atom is 0.123 e. The fourth-order valence-electron chi connectivity index (χ4n) is 2.03. The van der Waals surface area contributed by atoms with Crippen molar-refractivity contribution >= 4 is 6.29 Å². The number of carbonyl (C=O) groups is 1. The highest BCUT2D eigenvalue weighted by Gasteiger charge is 2.17. The van der Waals surface area contributed by atoms with Gasteiger partial charge in [0.05, 0.1) is 0 Å². The van der Waals surface area contributed by atoms with Gasteiger partial charge in [0.2, 0.25) is 0 Å². The third kappa shape index (κ3) is 1.64. The second-order valence-corrected chi connectivity index (χ2v) is 3.91. The first-order chi connectivity index (χ1) is 6.29. The van der Waals surface area contributed by atoms with Crippen LogP contribution in [-0.2, 0) is 17.6 Å². The summed E-state index contributed by atoms with van der Waals surface area (Å²) in [4.78, 5) is 10.7. The molecule has 13 heavy (non-hydrogen) atoms. The van der Waals surface area contributed by atoms with E-state index in [-0.39, 0.29) is 5.92 Å². The van der Waals surface area contributed by atoms with Crippen LogP contribution in [0.4, 0.5) is 0 Å². The fraction of sp³-hybridized carbons (Fsp3) is 0.417. The predicted molar refractivity (Wildman–Crippen MR) is 52.8 cm³/mol. The van der Waals surface area contributed by atoms with E-state index in [1.807, 2.05) is 0 Å². The van der Waals surface area contributed by atoms with Gasteiger partial charge in [-0.2, -0.15) is 0 Å². The SMILES string of the molecule is Cc1ccc2c(c1)CC(C=O)CC2. The second-order valence-electron chi connectivity index (χ2n) is 3.91. The number of fused-ring (bicyclic) bond motifs is 1. The van der Waals surface area contributed by atoms with Crippen LogP contribution < -0.4 is 0 Å². The first-order valence-electron chi connectivity index (χ1n) is 4.83. The Morgan fingerprint density at radius 3 is 3.00 bits per heavy atom. The third-order valence-corrected chi connectivity index (χ3v) is 2.82. The predicted octanol–water partition coefficient (Wildman–Crippen LogP) is 2.30. The molecule has 1 aliphatic carbocycles. The van der Waals surface area contributed by atoms with Gasteiger partial charge in [0.1, 0.15) is 6.29 Å². The molecule has 0 aliphatic heterocycles. The maximum absolute atomic E-state index is 10.7. The molecule has 1 aromatic rings. The van der Waals surface area contributed by atoms with Gasteiger partial charge in [-0.1, -0.05) is 23.8 Å². The van der Waals surface area contributed by atoms with Crippen molar-refractivity contribution in [1.29, 1.82) is 0 Å². The Hall–Kier alpha value is -1.11. The van der Waals surface area contributed by atoms with Crippen LogP contribution in [0.3, 0.4) is 0 Å². The van der Waals surface area contributed by atoms with Crippen LogP contribution in [0.1, 0.15) is 23.1 Å². The largest absolute Gasteiger partial charge is 0.303 e. The van der Waals surface area contributed by atoms with Crippen LogP contribution in [0.5, 0.6) is 0 Å². The lowest BCUT2D eigenvalue weighted by Gasteiger charge is -2.20. The highest BCUT2D eigenvalue weighted by Crippen LogP contribution is 2.24. The van der Waals surface area contributed by atoms with Crippen LogP contribution in [0, 0.1) is 12.8 Å². The average molecular weight is 174 g/mol. The summed E-state index contributed by atoms with van der Waals surface area (Å²) < 4.78 is 0. The lowest BCUT2D eigenvalue weighted by molar-refractivity contribution is -0.111. The minimum absolute atomic E-state index is 0.259. The van der Waals surface area contributed by atoms with Gasteiger partial charge in [-0.15, -0.1) is 0 Å². The summed E-state index contributed by atoms with van der Waals surface area (Å²) in [6, 6.07) is 6.57. The van der Waals surface area contributed by atoms with Crippen molar-refractivity contribution in [3.8, 4) is 0 Å². The maximum atomic E-state index is 10.7. The molecule has 1 unspecified atom stereocenters. The number of carbonyl (C=O) groups excluding carboxylic acids is 1. The molecule has 0 N–H and O–H groups in total. The van der Waals surface area contributed by atoms with E-state index in [1.165, 1.54) is 16.7 Å². The van der Waals surface area contributed by atoms with Crippen LogP contribution in [0.2, 0.25) is 0 Å². The van der Waals surface area contributed by atoms with E-state index in [0.717, 1.165) is 25.5 Å². The van der Waals surface area contributed by atoms with Crippen molar-refractivity contribution in [2.45, 2.75) is 26.2 Å². The molecule has 1 nitrogen and oxygen atoms in total. The van der Waals surface area contributed by atoms with Gasteiger partial charge in [-0.05, 0) is 37.3 Å². The zero-order valence-electron chi connectivity index (χ0n) is 7.92. The molecule has 0 saturated heterocycles. The standard InChI is InChI=1S/C12H14O/c1-9-2-4-11-5-3-10(8-13)7-12(11)6-9/h2,4,6,8,10H,3,5,7H2,1H3. The van der Waals surface area contributed by atoms with Gasteiger partial charge >= 0.3 is 0 Å². The summed E-state index contributed by atoms with van der Waals surface area (Å²) in [5.74, 6) is 0.259. The van der Waals surface area contributed by atoms with Crippen LogP contribution in [-0.4, -0.2) is 6.29 Å². The fourth-order valence-corrected chi connectivity index (χ4v) is 2.03. The summed E-state index contributed by atoms with van der Waals surface area (Å²) in [5.41, 5.74) is 4.11. The minimum atomic E-state index is 0.259. The van der Waals surface area contributed by atoms with E-state index in [9.17, 15) is 4.79 Å². The molecule has 0 aromatic heterocycles. The van der Waals surface area contributed by atoms with E-state index < -0.39 is 0 Å². The van der Waals surface area contributed by atoms with E-state index >= 15 is 0 Å². The normalized spacial score (nSPS) is 20.8. The molecular weight excluding hydrogens is 160 g/mol. The Balaban J connectivity index is 2.32. The third-order valence-electron chi connectivity index (χ3n) is 2.82. The molecule has 1 heteroatoms. The Bertz CT molecular complexity index is 328. The van der Waals surface area contributed by atoms with E-state index in [2.05, 4.69) is 25.1 Å². The Kier molecular flexibility index (Phi) is 2.17. The molecule has 0 radical (unpaired) electrons. The van der Waals surface area contributed by atoms with Crippen molar-refractivity contribution in [2.75, 3.05) is 0 Å². The van der Waals surface area contributed by atoms with Gasteiger partial charge in [0.25, 0.3) is 0 Å². The number of benzene rings is 1. The molecule has 0 heterocycles. The molecule has 0 amide bonds. The van der Waals surface area contributed by atoms with Gasteiger partial charge in [-0.3, -0.25) is 0 Å². The lowest BCUT2D eigenvalue weighted by atomic mass is 9.84. The molecule has 1 aromatic carbocycles. The summed E-state index contributed by atoms with van der Waals surface area (Å²) in [6.45, 7) is 2.10. The molecule has 0 saturated carbocycles. The number of rotatable bonds is 1. The quantitative estimate of drug-likeness (QED) is 0.597. The summed E-state index contributed by atoms with van der Waals surface area (Å²) >= 11 is 0. The van der Waals surface area contributed by atoms with E-state index in [4.69, 9.17) is 0 Å². The monoisotopic (exact) mass is 174 g/mol. The molecule has 0 bridgehead atoms. The summed E-state index contributed by atoms with van der Waals surface area (Å²) in [6.07, 6.45) is 4.14. The van der Waals surface area contributed by atoms with Gasteiger partial charge in [0.15, 0.2) is 0 Å². The minimum Gasteiger partial charge on any atom is -0.303 e. The molecule has 2 rings (SSSR count). The van der Waals surface area contributed by atoms with Gasteiger partial charge in [0, 0.05) is 5.92 Å². The van der Waals surface area contributed by atoms with E-state index in [1.54, 1.807) is 0 Å². The van der Waals surface area contributed by atoms with Crippen molar-refractivity contribution in [2.24, 2.45) is 5.92 Å². The van der Waals surface area contributed by atoms with Crippen molar-refractivity contribution < 1.29 is 4.79 Å². The van der Waals surface area contributed by atoms with Crippen LogP contribution >= 0.6 is 0 Å². The van der Waals surface area contributed by atoms with Gasteiger partial charge in [-0.25, -0.2) is 0 Å². The Labute approximate surface area is 78.8 Å². The summed E-state index contributed by atoms with van der Waals surface area (Å²) in [5, 5.41) is 0. The molecule has 0 fully saturated rings. The number of hydrogen-bond donors (Lipinski definition) is 0. The first kappa shape index (κ1) is 8.49. The highest BCUT2D eigenvalue weighted by atomic mass is 16.1. The topological polar surface area (TPSA) is 17.1 Å². The zero-order valence-corrected chi connectivity index (χ0v) is 7.92. The highest BCUT2D eigenvalue weighted by molar-refractivity contribution is 5.56. The molecule has 1 atom stereocenters. The average Bonchev–Trinajstić information content (AvgIpc) is 2.16. The summed E-state index contributed by atoms with van der Waals surface area (Å²) in [7, 11) is 0. The van der Waals surface area contributed by atoms with Gasteiger partial charge < -0.3 is 4.79 Å². The smallest absolute Gasteiger partial charge is 0.123 e. The first-order valence-corrected chi connectivity index (χ1v) is 4.83. The molecule has 0 spiro atoms. The Morgan fingerprint density at radius 2 is 2.23 bits per heavy atom. The number of aryl methyl sites for hydroxylation is 2. The molecule has 1 aliphatic rings. The van der Waals surface area contributed by atoms with Crippen LogP contribution in [0.15, 0.2) is 18.2 Å². The van der Waals surface area contributed by atoms with Crippen molar-refractivity contribution in [1.82, 2.24) is 0 Å². The van der Waals surface area contributed by atoms with Crippen molar-refractivity contribution in [3.63, 3.8) is 0 Å². The molecular formula is C12H14O. The second kappa shape index (κ2) is 3.33. The van der Waals surface area contributed by atoms with Crippen molar-refractivity contribution in [3.05, 3.63) is 34.9 Å². The lowest BCUT2D eigenvalue weighted by Crippen LogP contribution is -2.15. The molecule has 68 valence electrons. The van der Waals surface area contributed by atoms with Crippen LogP contribution in [0.25, 0.3) is 0 Å². The van der Waals surface area contributed by atoms with E-state index in [0.29, 0.717) is 0 Å². The Morgan fingerprint density at radius 1 is 1.38 bits per heavy atom. The number of hydrogen-bond acceptors (Lipinski definition) is 1. The number of aldehydes is 1.